The number of hydrogen-bond acceptors (Lipinski definition) is 5. The Kier molecular flexibility index (Phi) is 5.09. The Morgan fingerprint density at radius 2 is 1.88 bits per heavy atom. The second-order valence-corrected chi connectivity index (χ2v) is 6.11. The standard InChI is InChI=1S/C19H17N3OS/c1-23-17-8-6-16(7-9-17)18-13-24-19(22-18)21-11-10-14-2-4-15(12-20)5-3-14/h2-9,13H,10-11H2,1H3,(H,21,22). The van der Waals surface area contributed by atoms with E-state index < -0.39 is 0 Å². The number of thiazole rings is 1. The van der Waals surface area contributed by atoms with Gasteiger partial charge in [-0.25, -0.2) is 4.98 Å². The number of nitrogens with one attached hydrogen (secondary N) is 1. The van der Waals surface area contributed by atoms with Gasteiger partial charge in [0.15, 0.2) is 5.13 Å². The van der Waals surface area contributed by atoms with Crippen LogP contribution in [-0.4, -0.2) is 18.6 Å². The lowest BCUT2D eigenvalue weighted by Crippen LogP contribution is -2.04. The van der Waals surface area contributed by atoms with Crippen molar-refractivity contribution in [3.05, 3.63) is 65.0 Å². The second kappa shape index (κ2) is 7.62. The van der Waals surface area contributed by atoms with E-state index in [1.54, 1.807) is 18.4 Å². The monoisotopic (exact) mass is 335 g/mol. The van der Waals surface area contributed by atoms with Gasteiger partial charge in [-0.1, -0.05) is 12.1 Å². The van der Waals surface area contributed by atoms with E-state index in [0.717, 1.165) is 35.1 Å². The van der Waals surface area contributed by atoms with Crippen LogP contribution in [0.15, 0.2) is 53.9 Å². The zero-order valence-corrected chi connectivity index (χ0v) is 14.1. The second-order valence-electron chi connectivity index (χ2n) is 5.25. The van der Waals surface area contributed by atoms with E-state index >= 15 is 0 Å². The fraction of sp³-hybridized carbons (Fsp3) is 0.158. The lowest BCUT2D eigenvalue weighted by molar-refractivity contribution is 0.415. The summed E-state index contributed by atoms with van der Waals surface area (Å²) in [6.45, 7) is 0.807. The molecule has 24 heavy (non-hydrogen) atoms. The number of rotatable bonds is 6. The Morgan fingerprint density at radius 3 is 2.54 bits per heavy atom. The molecule has 0 aliphatic carbocycles. The molecule has 0 saturated heterocycles. The van der Waals surface area contributed by atoms with Gasteiger partial charge in [0.2, 0.25) is 0 Å². The Morgan fingerprint density at radius 1 is 1.12 bits per heavy atom. The molecule has 0 bridgehead atoms. The normalized spacial score (nSPS) is 10.2. The third kappa shape index (κ3) is 3.92. The highest BCUT2D eigenvalue weighted by atomic mass is 32.1. The molecule has 0 fully saturated rings. The maximum atomic E-state index is 8.80. The number of nitriles is 1. The number of aromatic nitrogens is 1. The van der Waals surface area contributed by atoms with Crippen LogP contribution in [0.2, 0.25) is 0 Å². The predicted octanol–water partition coefficient (Wildman–Crippen LogP) is 4.34. The van der Waals surface area contributed by atoms with Crippen molar-refractivity contribution in [3.8, 4) is 23.1 Å². The molecule has 0 unspecified atom stereocenters. The first-order valence-corrected chi connectivity index (χ1v) is 8.49. The summed E-state index contributed by atoms with van der Waals surface area (Å²) in [5.74, 6) is 0.842. The Bertz CT molecular complexity index is 832. The molecule has 0 aliphatic heterocycles. The molecule has 1 heterocycles. The predicted molar refractivity (Wildman–Crippen MR) is 97.5 cm³/mol. The molecule has 3 aromatic rings. The average molecular weight is 335 g/mol. The fourth-order valence-corrected chi connectivity index (χ4v) is 3.06. The minimum Gasteiger partial charge on any atom is -0.497 e. The third-order valence-electron chi connectivity index (χ3n) is 3.66. The summed E-state index contributed by atoms with van der Waals surface area (Å²) in [5.41, 5.74) is 3.93. The first-order valence-electron chi connectivity index (χ1n) is 7.61. The molecule has 0 amide bonds. The maximum absolute atomic E-state index is 8.80. The van der Waals surface area contributed by atoms with E-state index in [1.807, 2.05) is 53.9 Å². The van der Waals surface area contributed by atoms with Gasteiger partial charge in [0.05, 0.1) is 24.4 Å². The summed E-state index contributed by atoms with van der Waals surface area (Å²) in [6.07, 6.45) is 0.892. The van der Waals surface area contributed by atoms with Gasteiger partial charge < -0.3 is 10.1 Å². The van der Waals surface area contributed by atoms with E-state index in [1.165, 1.54) is 5.56 Å². The molecule has 0 spiro atoms. The van der Waals surface area contributed by atoms with Crippen molar-refractivity contribution >= 4 is 16.5 Å². The van der Waals surface area contributed by atoms with Gasteiger partial charge in [0.25, 0.3) is 0 Å². The molecule has 3 rings (SSSR count). The van der Waals surface area contributed by atoms with Crippen LogP contribution in [0.1, 0.15) is 11.1 Å². The van der Waals surface area contributed by atoms with E-state index in [4.69, 9.17) is 10.00 Å². The van der Waals surface area contributed by atoms with Crippen LogP contribution < -0.4 is 10.1 Å². The Balaban J connectivity index is 1.56. The van der Waals surface area contributed by atoms with Gasteiger partial charge in [0, 0.05) is 17.5 Å². The minimum atomic E-state index is 0.691. The molecule has 120 valence electrons. The van der Waals surface area contributed by atoms with Crippen LogP contribution >= 0.6 is 11.3 Å². The summed E-state index contributed by atoms with van der Waals surface area (Å²) in [5, 5.41) is 15.1. The summed E-state index contributed by atoms with van der Waals surface area (Å²) >= 11 is 1.60. The van der Waals surface area contributed by atoms with E-state index in [2.05, 4.69) is 16.4 Å². The van der Waals surface area contributed by atoms with Crippen molar-refractivity contribution in [1.29, 1.82) is 5.26 Å². The van der Waals surface area contributed by atoms with E-state index in [0.29, 0.717) is 5.56 Å². The van der Waals surface area contributed by atoms with Gasteiger partial charge in [-0.3, -0.25) is 0 Å². The van der Waals surface area contributed by atoms with Crippen LogP contribution in [0.3, 0.4) is 0 Å². The SMILES string of the molecule is COc1ccc(-c2csc(NCCc3ccc(C#N)cc3)n2)cc1. The van der Waals surface area contributed by atoms with Crippen LogP contribution in [-0.2, 0) is 6.42 Å². The molecule has 5 heteroatoms. The van der Waals surface area contributed by atoms with Gasteiger partial charge >= 0.3 is 0 Å². The average Bonchev–Trinajstić information content (AvgIpc) is 3.11. The van der Waals surface area contributed by atoms with Crippen molar-refractivity contribution in [1.82, 2.24) is 4.98 Å². The van der Waals surface area contributed by atoms with Crippen molar-refractivity contribution in [2.75, 3.05) is 19.0 Å². The zero-order chi connectivity index (χ0) is 16.8. The smallest absolute Gasteiger partial charge is 0.183 e. The molecule has 0 saturated carbocycles. The van der Waals surface area contributed by atoms with Gasteiger partial charge in [-0.15, -0.1) is 11.3 Å². The quantitative estimate of drug-likeness (QED) is 0.728. The van der Waals surface area contributed by atoms with E-state index in [-0.39, 0.29) is 0 Å². The molecule has 0 aliphatic rings. The third-order valence-corrected chi connectivity index (χ3v) is 4.46. The largest absolute Gasteiger partial charge is 0.497 e. The fourth-order valence-electron chi connectivity index (χ4n) is 2.31. The van der Waals surface area contributed by atoms with Crippen molar-refractivity contribution in [2.24, 2.45) is 0 Å². The molecule has 0 radical (unpaired) electrons. The Labute approximate surface area is 145 Å². The Hall–Kier alpha value is -2.84. The molecular weight excluding hydrogens is 318 g/mol. The first kappa shape index (κ1) is 16.0. The number of ether oxygens (including phenoxy) is 1. The summed E-state index contributed by atoms with van der Waals surface area (Å²) < 4.78 is 5.17. The highest BCUT2D eigenvalue weighted by Crippen LogP contribution is 2.26. The summed E-state index contributed by atoms with van der Waals surface area (Å²) in [6, 6.07) is 17.7. The lowest BCUT2D eigenvalue weighted by Gasteiger charge is -2.03. The van der Waals surface area contributed by atoms with Crippen molar-refractivity contribution in [2.45, 2.75) is 6.42 Å². The van der Waals surface area contributed by atoms with Crippen LogP contribution in [0.4, 0.5) is 5.13 Å². The molecule has 0 atom stereocenters. The summed E-state index contributed by atoms with van der Waals surface area (Å²) in [7, 11) is 1.66. The maximum Gasteiger partial charge on any atom is 0.183 e. The minimum absolute atomic E-state index is 0.691. The van der Waals surface area contributed by atoms with Crippen molar-refractivity contribution in [3.63, 3.8) is 0 Å². The van der Waals surface area contributed by atoms with Gasteiger partial charge in [-0.2, -0.15) is 5.26 Å². The number of hydrogen-bond donors (Lipinski definition) is 1. The van der Waals surface area contributed by atoms with Crippen LogP contribution in [0.5, 0.6) is 5.75 Å². The van der Waals surface area contributed by atoms with Gasteiger partial charge in [0.1, 0.15) is 5.75 Å². The van der Waals surface area contributed by atoms with Crippen molar-refractivity contribution < 1.29 is 4.74 Å². The highest BCUT2D eigenvalue weighted by molar-refractivity contribution is 7.14. The molecular formula is C19H17N3OS. The molecule has 4 nitrogen and oxygen atoms in total. The molecule has 1 aromatic heterocycles. The van der Waals surface area contributed by atoms with Crippen LogP contribution in [0.25, 0.3) is 11.3 Å². The van der Waals surface area contributed by atoms with E-state index in [9.17, 15) is 0 Å². The molecule has 1 N–H and O–H groups in total. The lowest BCUT2D eigenvalue weighted by atomic mass is 10.1. The topological polar surface area (TPSA) is 57.9 Å². The zero-order valence-electron chi connectivity index (χ0n) is 13.3. The number of anilines is 1. The summed E-state index contributed by atoms with van der Waals surface area (Å²) in [4.78, 5) is 4.62. The van der Waals surface area contributed by atoms with Gasteiger partial charge in [-0.05, 0) is 48.4 Å². The number of benzene rings is 2. The number of methoxy groups -OCH3 is 1. The first-order chi connectivity index (χ1) is 11.8. The molecule has 2 aromatic carbocycles. The number of nitrogens with zero attached hydrogens (tertiary/aromatic N) is 2. The highest BCUT2D eigenvalue weighted by Gasteiger charge is 2.04. The van der Waals surface area contributed by atoms with Crippen LogP contribution in [0, 0.1) is 11.3 Å².